The molecule has 8 nitrogen and oxygen atoms in total. The van der Waals surface area contributed by atoms with Crippen LogP contribution in [0.5, 0.6) is 0 Å². The van der Waals surface area contributed by atoms with Crippen LogP contribution in [0.1, 0.15) is 28.0 Å². The molecule has 1 heterocycles. The molecular weight excluding hydrogens is 460 g/mol. The maximum Gasteiger partial charge on any atom is 0.416 e. The molecule has 0 aliphatic carbocycles. The Morgan fingerprint density at radius 1 is 1.12 bits per heavy atom. The standard InChI is InChI=1S/C22H20F4N4O4/c1-34-11-3-10-27-19(31)18-20(32)29(13-14-4-2-5-16(23)12-14)21(33)30(28-18)17-8-6-15(7-9-17)22(24,25)26/h2,4-9,12H,3,10-11,13H2,1H3,(H,27,31). The Labute approximate surface area is 190 Å². The first-order valence-electron chi connectivity index (χ1n) is 10.0. The minimum Gasteiger partial charge on any atom is -0.385 e. The molecule has 1 aromatic heterocycles. The number of benzene rings is 2. The lowest BCUT2D eigenvalue weighted by molar-refractivity contribution is -0.137. The molecule has 0 atom stereocenters. The number of amides is 1. The van der Waals surface area contributed by atoms with Gasteiger partial charge in [-0.1, -0.05) is 12.1 Å². The van der Waals surface area contributed by atoms with E-state index in [-0.39, 0.29) is 24.3 Å². The first-order valence-corrected chi connectivity index (χ1v) is 10.0. The van der Waals surface area contributed by atoms with Gasteiger partial charge in [0.15, 0.2) is 0 Å². The third-order valence-corrected chi connectivity index (χ3v) is 4.75. The average molecular weight is 480 g/mol. The van der Waals surface area contributed by atoms with Gasteiger partial charge in [-0.3, -0.25) is 14.2 Å². The predicted octanol–water partition coefficient (Wildman–Crippen LogP) is 2.37. The summed E-state index contributed by atoms with van der Waals surface area (Å²) in [4.78, 5) is 38.6. The summed E-state index contributed by atoms with van der Waals surface area (Å²) in [5, 5.41) is 6.31. The van der Waals surface area contributed by atoms with Crippen LogP contribution in [-0.2, 0) is 17.5 Å². The molecule has 0 saturated carbocycles. The largest absolute Gasteiger partial charge is 0.416 e. The molecule has 2 aromatic carbocycles. The number of ether oxygens (including phenoxy) is 1. The van der Waals surface area contributed by atoms with Crippen LogP contribution < -0.4 is 16.6 Å². The summed E-state index contributed by atoms with van der Waals surface area (Å²) in [7, 11) is 1.48. The van der Waals surface area contributed by atoms with Gasteiger partial charge < -0.3 is 10.1 Å². The number of alkyl halides is 3. The van der Waals surface area contributed by atoms with E-state index >= 15 is 0 Å². The number of hydrogen-bond acceptors (Lipinski definition) is 5. The molecule has 1 amide bonds. The van der Waals surface area contributed by atoms with Crippen molar-refractivity contribution in [2.24, 2.45) is 0 Å². The van der Waals surface area contributed by atoms with Crippen LogP contribution in [-0.4, -0.2) is 40.5 Å². The summed E-state index contributed by atoms with van der Waals surface area (Å²) in [5.41, 5.74) is -3.47. The van der Waals surface area contributed by atoms with E-state index in [1.54, 1.807) is 0 Å². The minimum absolute atomic E-state index is 0.0978. The molecule has 180 valence electrons. The Morgan fingerprint density at radius 2 is 1.82 bits per heavy atom. The quantitative estimate of drug-likeness (QED) is 0.395. The van der Waals surface area contributed by atoms with Crippen molar-refractivity contribution in [3.8, 4) is 5.69 Å². The topological polar surface area (TPSA) is 95.2 Å². The molecular formula is C22H20F4N4O4. The minimum atomic E-state index is -4.60. The Bertz CT molecular complexity index is 1280. The third kappa shape index (κ3) is 5.76. The van der Waals surface area contributed by atoms with E-state index in [0.29, 0.717) is 22.3 Å². The fraction of sp³-hybridized carbons (Fsp3) is 0.273. The highest BCUT2D eigenvalue weighted by molar-refractivity contribution is 5.91. The van der Waals surface area contributed by atoms with E-state index in [4.69, 9.17) is 4.74 Å². The van der Waals surface area contributed by atoms with Gasteiger partial charge in [-0.2, -0.15) is 23.0 Å². The lowest BCUT2D eigenvalue weighted by Crippen LogP contribution is -2.46. The van der Waals surface area contributed by atoms with Crippen molar-refractivity contribution in [2.75, 3.05) is 20.3 Å². The molecule has 0 radical (unpaired) electrons. The number of rotatable bonds is 8. The molecule has 34 heavy (non-hydrogen) atoms. The van der Waals surface area contributed by atoms with E-state index in [1.165, 1.54) is 25.3 Å². The van der Waals surface area contributed by atoms with Crippen LogP contribution >= 0.6 is 0 Å². The maximum atomic E-state index is 13.6. The summed E-state index contributed by atoms with van der Waals surface area (Å²) < 4.78 is 58.6. The highest BCUT2D eigenvalue weighted by Crippen LogP contribution is 2.29. The van der Waals surface area contributed by atoms with E-state index in [2.05, 4.69) is 10.4 Å². The molecule has 3 rings (SSSR count). The van der Waals surface area contributed by atoms with Crippen molar-refractivity contribution in [3.63, 3.8) is 0 Å². The zero-order chi connectivity index (χ0) is 24.9. The highest BCUT2D eigenvalue weighted by atomic mass is 19.4. The van der Waals surface area contributed by atoms with Gasteiger partial charge in [0.2, 0.25) is 5.69 Å². The summed E-state index contributed by atoms with van der Waals surface area (Å²) in [6.07, 6.45) is -4.15. The summed E-state index contributed by atoms with van der Waals surface area (Å²) in [5.74, 6) is -1.48. The molecule has 0 spiro atoms. The van der Waals surface area contributed by atoms with Crippen LogP contribution in [0.15, 0.2) is 58.1 Å². The number of nitrogens with zero attached hydrogens (tertiary/aromatic N) is 3. The Hall–Kier alpha value is -3.80. The molecule has 0 aliphatic rings. The first kappa shape index (κ1) is 24.8. The zero-order valence-electron chi connectivity index (χ0n) is 17.9. The van der Waals surface area contributed by atoms with Crippen molar-refractivity contribution >= 4 is 5.91 Å². The zero-order valence-corrected chi connectivity index (χ0v) is 17.9. The van der Waals surface area contributed by atoms with Crippen LogP contribution in [0.4, 0.5) is 17.6 Å². The first-order chi connectivity index (χ1) is 16.1. The summed E-state index contributed by atoms with van der Waals surface area (Å²) >= 11 is 0. The third-order valence-electron chi connectivity index (χ3n) is 4.75. The van der Waals surface area contributed by atoms with E-state index in [0.717, 1.165) is 30.3 Å². The number of aromatic nitrogens is 3. The second-order valence-corrected chi connectivity index (χ2v) is 7.21. The van der Waals surface area contributed by atoms with Gasteiger partial charge in [0.05, 0.1) is 17.8 Å². The molecule has 0 unspecified atom stereocenters. The average Bonchev–Trinajstić information content (AvgIpc) is 2.79. The fourth-order valence-electron chi connectivity index (χ4n) is 3.08. The number of methoxy groups -OCH3 is 1. The van der Waals surface area contributed by atoms with Gasteiger partial charge in [0, 0.05) is 20.3 Å². The summed E-state index contributed by atoms with van der Waals surface area (Å²) in [6, 6.07) is 8.63. The van der Waals surface area contributed by atoms with Gasteiger partial charge in [0.25, 0.3) is 11.5 Å². The Balaban J connectivity index is 2.09. The van der Waals surface area contributed by atoms with Crippen molar-refractivity contribution in [2.45, 2.75) is 19.1 Å². The van der Waals surface area contributed by atoms with Gasteiger partial charge >= 0.3 is 11.9 Å². The second kappa shape index (κ2) is 10.4. The fourth-order valence-corrected chi connectivity index (χ4v) is 3.08. The van der Waals surface area contributed by atoms with Crippen molar-refractivity contribution in [1.29, 1.82) is 0 Å². The van der Waals surface area contributed by atoms with Gasteiger partial charge in [0.1, 0.15) is 5.82 Å². The van der Waals surface area contributed by atoms with E-state index in [9.17, 15) is 31.9 Å². The van der Waals surface area contributed by atoms with Crippen molar-refractivity contribution < 1.29 is 27.1 Å². The number of halogens is 4. The predicted molar refractivity (Wildman–Crippen MR) is 113 cm³/mol. The van der Waals surface area contributed by atoms with Gasteiger partial charge in [-0.15, -0.1) is 0 Å². The SMILES string of the molecule is COCCCNC(=O)c1nn(-c2ccc(C(F)(F)F)cc2)c(=O)n(Cc2cccc(F)c2)c1=O. The van der Waals surface area contributed by atoms with Crippen LogP contribution in [0.25, 0.3) is 5.69 Å². The van der Waals surface area contributed by atoms with Gasteiger partial charge in [-0.25, -0.2) is 9.18 Å². The molecule has 0 aliphatic heterocycles. The number of carbonyl (C=O) groups is 1. The molecule has 1 N–H and O–H groups in total. The monoisotopic (exact) mass is 480 g/mol. The molecule has 3 aromatic rings. The Morgan fingerprint density at radius 3 is 2.44 bits per heavy atom. The van der Waals surface area contributed by atoms with Crippen LogP contribution in [0, 0.1) is 5.82 Å². The maximum absolute atomic E-state index is 13.6. The normalized spacial score (nSPS) is 11.4. The van der Waals surface area contributed by atoms with E-state index < -0.39 is 40.4 Å². The van der Waals surface area contributed by atoms with Gasteiger partial charge in [-0.05, 0) is 48.4 Å². The van der Waals surface area contributed by atoms with Crippen LogP contribution in [0.2, 0.25) is 0 Å². The molecule has 0 bridgehead atoms. The van der Waals surface area contributed by atoms with Crippen molar-refractivity contribution in [3.05, 3.63) is 92.0 Å². The highest BCUT2D eigenvalue weighted by Gasteiger charge is 2.30. The lowest BCUT2D eigenvalue weighted by atomic mass is 10.2. The Kier molecular flexibility index (Phi) is 7.61. The summed E-state index contributed by atoms with van der Waals surface area (Å²) in [6.45, 7) is 0.113. The van der Waals surface area contributed by atoms with Crippen LogP contribution in [0.3, 0.4) is 0 Å². The lowest BCUT2D eigenvalue weighted by Gasteiger charge is -2.13. The second-order valence-electron chi connectivity index (χ2n) is 7.21. The molecule has 12 heteroatoms. The molecule has 0 saturated heterocycles. The number of carbonyl (C=O) groups excluding carboxylic acids is 1. The van der Waals surface area contributed by atoms with E-state index in [1.807, 2.05) is 0 Å². The smallest absolute Gasteiger partial charge is 0.385 e. The van der Waals surface area contributed by atoms with Crippen molar-refractivity contribution in [1.82, 2.24) is 19.7 Å². The number of nitrogens with one attached hydrogen (secondary N) is 1. The number of hydrogen-bond donors (Lipinski definition) is 1. The molecule has 0 fully saturated rings.